The van der Waals surface area contributed by atoms with Crippen LogP contribution in [0.15, 0.2) is 48.5 Å². The van der Waals surface area contributed by atoms with E-state index in [-0.39, 0.29) is 17.1 Å². The standard InChI is InChI=1S/C16H14O4/c1-2-20-14-9-8-12(10-13(14)16(18)19)15(17)11-6-4-3-5-7-11/h3-10H,2H2,1H3,(H,18,19). The average molecular weight is 270 g/mol. The Balaban J connectivity index is 2.41. The molecule has 4 heteroatoms. The molecule has 0 saturated carbocycles. The van der Waals surface area contributed by atoms with E-state index in [9.17, 15) is 14.7 Å². The second-order valence-corrected chi connectivity index (χ2v) is 4.14. The van der Waals surface area contributed by atoms with Gasteiger partial charge in [-0.25, -0.2) is 4.79 Å². The topological polar surface area (TPSA) is 63.6 Å². The molecule has 4 nitrogen and oxygen atoms in total. The van der Waals surface area contributed by atoms with Gasteiger partial charge in [0.2, 0.25) is 0 Å². The summed E-state index contributed by atoms with van der Waals surface area (Å²) in [6.45, 7) is 2.14. The first kappa shape index (κ1) is 13.8. The first-order valence-electron chi connectivity index (χ1n) is 6.23. The van der Waals surface area contributed by atoms with Crippen molar-refractivity contribution in [3.8, 4) is 5.75 Å². The summed E-state index contributed by atoms with van der Waals surface area (Å²) in [5.74, 6) is -1.06. The summed E-state index contributed by atoms with van der Waals surface area (Å²) >= 11 is 0. The number of carboxylic acid groups (broad SMARTS) is 1. The Hall–Kier alpha value is -2.62. The SMILES string of the molecule is CCOc1ccc(C(=O)c2ccccc2)cc1C(=O)O. The molecule has 2 aromatic carbocycles. The number of carbonyl (C=O) groups is 2. The fourth-order valence-corrected chi connectivity index (χ4v) is 1.88. The summed E-state index contributed by atoms with van der Waals surface area (Å²) in [6.07, 6.45) is 0. The predicted molar refractivity (Wildman–Crippen MR) is 74.4 cm³/mol. The van der Waals surface area contributed by atoms with Crippen molar-refractivity contribution >= 4 is 11.8 Å². The van der Waals surface area contributed by atoms with Gasteiger partial charge in [0.05, 0.1) is 6.61 Å². The van der Waals surface area contributed by atoms with Gasteiger partial charge in [0.1, 0.15) is 11.3 Å². The molecule has 2 aromatic rings. The monoisotopic (exact) mass is 270 g/mol. The number of rotatable bonds is 5. The van der Waals surface area contributed by atoms with E-state index in [2.05, 4.69) is 0 Å². The van der Waals surface area contributed by atoms with Crippen molar-refractivity contribution < 1.29 is 19.4 Å². The van der Waals surface area contributed by atoms with Gasteiger partial charge in [0.15, 0.2) is 5.78 Å². The molecule has 1 N–H and O–H groups in total. The lowest BCUT2D eigenvalue weighted by atomic mass is 10.0. The highest BCUT2D eigenvalue weighted by molar-refractivity contribution is 6.10. The van der Waals surface area contributed by atoms with E-state index >= 15 is 0 Å². The molecule has 0 aromatic heterocycles. The lowest BCUT2D eigenvalue weighted by Gasteiger charge is -2.09. The quantitative estimate of drug-likeness (QED) is 0.848. The van der Waals surface area contributed by atoms with Crippen LogP contribution in [-0.4, -0.2) is 23.5 Å². The summed E-state index contributed by atoms with van der Waals surface area (Å²) in [5.41, 5.74) is 0.846. The fourth-order valence-electron chi connectivity index (χ4n) is 1.88. The second-order valence-electron chi connectivity index (χ2n) is 4.14. The van der Waals surface area contributed by atoms with Crippen LogP contribution in [0.4, 0.5) is 0 Å². The Bertz CT molecular complexity index is 632. The molecule has 0 saturated heterocycles. The van der Waals surface area contributed by atoms with Gasteiger partial charge in [0.25, 0.3) is 0 Å². The van der Waals surface area contributed by atoms with Crippen LogP contribution < -0.4 is 4.74 Å². The smallest absolute Gasteiger partial charge is 0.339 e. The molecule has 2 rings (SSSR count). The lowest BCUT2D eigenvalue weighted by molar-refractivity contribution is 0.0692. The summed E-state index contributed by atoms with van der Waals surface area (Å²) in [4.78, 5) is 23.5. The maximum absolute atomic E-state index is 12.3. The number of ketones is 1. The number of aromatic carboxylic acids is 1. The molecule has 0 aliphatic rings. The Morgan fingerprint density at radius 3 is 2.35 bits per heavy atom. The molecule has 20 heavy (non-hydrogen) atoms. The summed E-state index contributed by atoms with van der Waals surface area (Å²) in [5, 5.41) is 9.18. The van der Waals surface area contributed by atoms with E-state index in [1.807, 2.05) is 6.07 Å². The molecule has 0 aliphatic heterocycles. The summed E-state index contributed by atoms with van der Waals surface area (Å²) in [7, 11) is 0. The molecule has 0 bridgehead atoms. The van der Waals surface area contributed by atoms with Gasteiger partial charge < -0.3 is 9.84 Å². The maximum atomic E-state index is 12.3. The third-order valence-electron chi connectivity index (χ3n) is 2.81. The van der Waals surface area contributed by atoms with E-state index in [0.29, 0.717) is 17.7 Å². The fraction of sp³-hybridized carbons (Fsp3) is 0.125. The van der Waals surface area contributed by atoms with Crippen LogP contribution in [0.1, 0.15) is 33.2 Å². The lowest BCUT2D eigenvalue weighted by Crippen LogP contribution is -2.07. The first-order valence-corrected chi connectivity index (χ1v) is 6.23. The van der Waals surface area contributed by atoms with Gasteiger partial charge in [0, 0.05) is 11.1 Å². The molecule has 0 spiro atoms. The second kappa shape index (κ2) is 6.02. The minimum Gasteiger partial charge on any atom is -0.493 e. The highest BCUT2D eigenvalue weighted by Crippen LogP contribution is 2.22. The number of hydrogen-bond donors (Lipinski definition) is 1. The predicted octanol–water partition coefficient (Wildman–Crippen LogP) is 3.01. The van der Waals surface area contributed by atoms with Crippen LogP contribution in [0.25, 0.3) is 0 Å². The molecule has 0 heterocycles. The minimum atomic E-state index is -1.11. The Morgan fingerprint density at radius 2 is 1.75 bits per heavy atom. The van der Waals surface area contributed by atoms with Crippen molar-refractivity contribution in [2.45, 2.75) is 6.92 Å². The van der Waals surface area contributed by atoms with Crippen LogP contribution in [0.2, 0.25) is 0 Å². The van der Waals surface area contributed by atoms with Gasteiger partial charge in [-0.05, 0) is 25.1 Å². The molecule has 102 valence electrons. The van der Waals surface area contributed by atoms with E-state index in [1.54, 1.807) is 37.3 Å². The van der Waals surface area contributed by atoms with E-state index in [4.69, 9.17) is 4.74 Å². The number of benzene rings is 2. The molecule has 0 atom stereocenters. The van der Waals surface area contributed by atoms with Gasteiger partial charge in [-0.3, -0.25) is 4.79 Å². The molecule has 0 amide bonds. The van der Waals surface area contributed by atoms with Crippen molar-refractivity contribution in [2.75, 3.05) is 6.61 Å². The minimum absolute atomic E-state index is 0.00590. The summed E-state index contributed by atoms with van der Waals surface area (Å²) < 4.78 is 5.25. The number of carboxylic acids is 1. The van der Waals surface area contributed by atoms with Crippen LogP contribution in [0, 0.1) is 0 Å². The molecule has 0 fully saturated rings. The third-order valence-corrected chi connectivity index (χ3v) is 2.81. The first-order chi connectivity index (χ1) is 9.63. The Labute approximate surface area is 116 Å². The van der Waals surface area contributed by atoms with Gasteiger partial charge in [-0.2, -0.15) is 0 Å². The average Bonchev–Trinajstić information content (AvgIpc) is 2.48. The van der Waals surface area contributed by atoms with Crippen molar-refractivity contribution in [3.05, 3.63) is 65.2 Å². The molecule has 0 aliphatic carbocycles. The number of hydrogen-bond acceptors (Lipinski definition) is 3. The summed E-state index contributed by atoms with van der Waals surface area (Å²) in [6, 6.07) is 13.2. The van der Waals surface area contributed by atoms with Gasteiger partial charge in [-0.1, -0.05) is 30.3 Å². The highest BCUT2D eigenvalue weighted by Gasteiger charge is 2.16. The van der Waals surface area contributed by atoms with Crippen molar-refractivity contribution in [3.63, 3.8) is 0 Å². The zero-order valence-corrected chi connectivity index (χ0v) is 11.0. The van der Waals surface area contributed by atoms with Crippen LogP contribution in [0.3, 0.4) is 0 Å². The van der Waals surface area contributed by atoms with E-state index in [1.165, 1.54) is 12.1 Å². The van der Waals surface area contributed by atoms with Crippen molar-refractivity contribution in [1.29, 1.82) is 0 Å². The molecular formula is C16H14O4. The molecule has 0 unspecified atom stereocenters. The van der Waals surface area contributed by atoms with Crippen molar-refractivity contribution in [2.24, 2.45) is 0 Å². The molecule has 0 radical (unpaired) electrons. The maximum Gasteiger partial charge on any atom is 0.339 e. The van der Waals surface area contributed by atoms with E-state index < -0.39 is 5.97 Å². The van der Waals surface area contributed by atoms with Crippen LogP contribution in [-0.2, 0) is 0 Å². The van der Waals surface area contributed by atoms with Crippen LogP contribution in [0.5, 0.6) is 5.75 Å². The zero-order chi connectivity index (χ0) is 14.5. The zero-order valence-electron chi connectivity index (χ0n) is 11.0. The third kappa shape index (κ3) is 2.85. The van der Waals surface area contributed by atoms with Gasteiger partial charge in [-0.15, -0.1) is 0 Å². The van der Waals surface area contributed by atoms with Gasteiger partial charge >= 0.3 is 5.97 Å². The van der Waals surface area contributed by atoms with Crippen LogP contribution >= 0.6 is 0 Å². The van der Waals surface area contributed by atoms with E-state index in [0.717, 1.165) is 0 Å². The number of carbonyl (C=O) groups excluding carboxylic acids is 1. The Morgan fingerprint density at radius 1 is 1.05 bits per heavy atom. The molecular weight excluding hydrogens is 256 g/mol. The van der Waals surface area contributed by atoms with Crippen molar-refractivity contribution in [1.82, 2.24) is 0 Å². The highest BCUT2D eigenvalue weighted by atomic mass is 16.5. The normalized spacial score (nSPS) is 10.1. The number of ether oxygens (including phenoxy) is 1. The largest absolute Gasteiger partial charge is 0.493 e. The Kier molecular flexibility index (Phi) is 4.15.